The first-order valence-corrected chi connectivity index (χ1v) is 6.55. The maximum atomic E-state index is 6.08. The normalized spacial score (nSPS) is 11.7. The Bertz CT molecular complexity index is 929. The van der Waals surface area contributed by atoms with Gasteiger partial charge in [-0.2, -0.15) is 0 Å². The molecule has 0 aliphatic rings. The average Bonchev–Trinajstić information content (AvgIpc) is 2.78. The van der Waals surface area contributed by atoms with Crippen molar-refractivity contribution in [3.8, 4) is 0 Å². The molecule has 0 spiro atoms. The second kappa shape index (κ2) is 3.61. The van der Waals surface area contributed by atoms with E-state index >= 15 is 0 Å². The van der Waals surface area contributed by atoms with E-state index in [0.29, 0.717) is 0 Å². The number of hydrogen-bond donors (Lipinski definition) is 0. The molecule has 1 aromatic heterocycles. The molecule has 0 saturated heterocycles. The Balaban J connectivity index is 2.32. The summed E-state index contributed by atoms with van der Waals surface area (Å²) in [4.78, 5) is 0. The van der Waals surface area contributed by atoms with E-state index in [0.717, 1.165) is 11.2 Å². The molecule has 92 valence electrons. The predicted octanol–water partition coefficient (Wildman–Crippen LogP) is 5.36. The smallest absolute Gasteiger partial charge is 0.143 e. The van der Waals surface area contributed by atoms with Crippen molar-refractivity contribution in [1.82, 2.24) is 0 Å². The summed E-state index contributed by atoms with van der Waals surface area (Å²) in [5, 5.41) is 4.90. The molecule has 0 fully saturated rings. The molecule has 0 amide bonds. The first-order valence-electron chi connectivity index (χ1n) is 6.55. The van der Waals surface area contributed by atoms with Gasteiger partial charge in [-0.15, -0.1) is 0 Å². The highest BCUT2D eigenvalue weighted by Crippen LogP contribution is 2.35. The molecule has 0 aliphatic carbocycles. The Morgan fingerprint density at radius 1 is 0.737 bits per heavy atom. The summed E-state index contributed by atoms with van der Waals surface area (Å²) in [6.45, 7) is 4.28. The molecule has 4 rings (SSSR count). The molecule has 0 radical (unpaired) electrons. The summed E-state index contributed by atoms with van der Waals surface area (Å²) in [5.74, 6) is 0. The molecular formula is C18H14O. The van der Waals surface area contributed by atoms with Gasteiger partial charge in [0.15, 0.2) is 0 Å². The number of benzene rings is 3. The summed E-state index contributed by atoms with van der Waals surface area (Å²) in [6, 6.07) is 17.0. The van der Waals surface area contributed by atoms with E-state index in [1.165, 1.54) is 32.7 Å². The Hall–Kier alpha value is -2.28. The summed E-state index contributed by atoms with van der Waals surface area (Å²) in [5.41, 5.74) is 4.53. The zero-order chi connectivity index (χ0) is 13.0. The van der Waals surface area contributed by atoms with E-state index in [9.17, 15) is 0 Å². The number of aryl methyl sites for hydroxylation is 2. The average molecular weight is 246 g/mol. The molecule has 3 aromatic carbocycles. The van der Waals surface area contributed by atoms with Gasteiger partial charge in [0.25, 0.3) is 0 Å². The van der Waals surface area contributed by atoms with E-state index in [1.807, 2.05) is 0 Å². The minimum Gasteiger partial charge on any atom is -0.455 e. The quantitative estimate of drug-likeness (QED) is 0.407. The van der Waals surface area contributed by atoms with Crippen LogP contribution in [0.5, 0.6) is 0 Å². The maximum absolute atomic E-state index is 6.08. The van der Waals surface area contributed by atoms with Crippen LogP contribution in [0.4, 0.5) is 0 Å². The number of hydrogen-bond acceptors (Lipinski definition) is 1. The molecule has 0 saturated carbocycles. The van der Waals surface area contributed by atoms with E-state index in [2.05, 4.69) is 62.4 Å². The van der Waals surface area contributed by atoms with Crippen LogP contribution in [-0.4, -0.2) is 0 Å². The molecule has 0 bridgehead atoms. The zero-order valence-electron chi connectivity index (χ0n) is 11.0. The van der Waals surface area contributed by atoms with Crippen LogP contribution in [0, 0.1) is 13.8 Å². The lowest BCUT2D eigenvalue weighted by Gasteiger charge is -2.02. The molecular weight excluding hydrogens is 232 g/mol. The van der Waals surface area contributed by atoms with Crippen molar-refractivity contribution in [3.63, 3.8) is 0 Å². The van der Waals surface area contributed by atoms with Crippen LogP contribution in [0.2, 0.25) is 0 Å². The van der Waals surface area contributed by atoms with Gasteiger partial charge in [0.05, 0.1) is 0 Å². The molecule has 0 N–H and O–H groups in total. The van der Waals surface area contributed by atoms with Crippen molar-refractivity contribution in [2.75, 3.05) is 0 Å². The minimum absolute atomic E-state index is 0.969. The summed E-state index contributed by atoms with van der Waals surface area (Å²) in [6.07, 6.45) is 0. The van der Waals surface area contributed by atoms with Crippen molar-refractivity contribution in [3.05, 3.63) is 59.7 Å². The first kappa shape index (κ1) is 10.6. The van der Waals surface area contributed by atoms with Crippen molar-refractivity contribution in [1.29, 1.82) is 0 Å². The monoisotopic (exact) mass is 246 g/mol. The third kappa shape index (κ3) is 1.42. The molecule has 0 aliphatic heterocycles. The first-order chi connectivity index (χ1) is 9.24. The fourth-order valence-electron chi connectivity index (χ4n) is 2.89. The molecule has 1 heterocycles. The Morgan fingerprint density at radius 2 is 1.53 bits per heavy atom. The highest BCUT2D eigenvalue weighted by atomic mass is 16.3. The number of rotatable bonds is 0. The fourth-order valence-corrected chi connectivity index (χ4v) is 2.89. The van der Waals surface area contributed by atoms with Crippen LogP contribution in [0.1, 0.15) is 11.1 Å². The SMILES string of the molecule is Cc1ccc2oc3c4ccccc4c(C)cc3c2c1. The van der Waals surface area contributed by atoms with Crippen molar-refractivity contribution in [2.45, 2.75) is 13.8 Å². The number of fused-ring (bicyclic) bond motifs is 5. The van der Waals surface area contributed by atoms with Gasteiger partial charge in [0.1, 0.15) is 11.2 Å². The molecule has 1 nitrogen and oxygen atoms in total. The molecule has 4 aromatic rings. The van der Waals surface area contributed by atoms with Crippen molar-refractivity contribution >= 4 is 32.7 Å². The minimum atomic E-state index is 0.969. The van der Waals surface area contributed by atoms with Crippen LogP contribution in [0.3, 0.4) is 0 Å². The predicted molar refractivity (Wildman–Crippen MR) is 80.7 cm³/mol. The number of furan rings is 1. The van der Waals surface area contributed by atoms with Crippen molar-refractivity contribution < 1.29 is 4.42 Å². The van der Waals surface area contributed by atoms with Crippen LogP contribution >= 0.6 is 0 Å². The third-order valence-electron chi connectivity index (χ3n) is 3.84. The van der Waals surface area contributed by atoms with Gasteiger partial charge in [-0.3, -0.25) is 0 Å². The Kier molecular flexibility index (Phi) is 2.02. The standard InChI is InChI=1S/C18H14O/c1-11-7-8-17-15(9-11)16-10-12(2)13-5-3-4-6-14(13)18(16)19-17/h3-10H,1-2H3. The largest absolute Gasteiger partial charge is 0.455 e. The third-order valence-corrected chi connectivity index (χ3v) is 3.84. The summed E-state index contributed by atoms with van der Waals surface area (Å²) < 4.78 is 6.08. The summed E-state index contributed by atoms with van der Waals surface area (Å²) in [7, 11) is 0. The molecule has 0 atom stereocenters. The van der Waals surface area contributed by atoms with Crippen LogP contribution < -0.4 is 0 Å². The zero-order valence-corrected chi connectivity index (χ0v) is 11.0. The lowest BCUT2D eigenvalue weighted by atomic mass is 10.0. The lowest BCUT2D eigenvalue weighted by Crippen LogP contribution is -1.79. The van der Waals surface area contributed by atoms with Gasteiger partial charge in [-0.05, 0) is 43.0 Å². The van der Waals surface area contributed by atoms with Gasteiger partial charge in [-0.25, -0.2) is 0 Å². The van der Waals surface area contributed by atoms with Gasteiger partial charge in [0, 0.05) is 16.2 Å². The van der Waals surface area contributed by atoms with Crippen LogP contribution in [0.15, 0.2) is 52.9 Å². The van der Waals surface area contributed by atoms with E-state index in [4.69, 9.17) is 4.42 Å². The Morgan fingerprint density at radius 3 is 2.37 bits per heavy atom. The molecule has 0 unspecified atom stereocenters. The topological polar surface area (TPSA) is 13.1 Å². The highest BCUT2D eigenvalue weighted by Gasteiger charge is 2.11. The maximum Gasteiger partial charge on any atom is 0.143 e. The van der Waals surface area contributed by atoms with E-state index in [-0.39, 0.29) is 0 Å². The summed E-state index contributed by atoms with van der Waals surface area (Å²) >= 11 is 0. The van der Waals surface area contributed by atoms with Gasteiger partial charge >= 0.3 is 0 Å². The lowest BCUT2D eigenvalue weighted by molar-refractivity contribution is 0.672. The van der Waals surface area contributed by atoms with Gasteiger partial charge in [-0.1, -0.05) is 35.9 Å². The van der Waals surface area contributed by atoms with Gasteiger partial charge < -0.3 is 4.42 Å². The second-order valence-corrected chi connectivity index (χ2v) is 5.22. The van der Waals surface area contributed by atoms with E-state index in [1.54, 1.807) is 0 Å². The van der Waals surface area contributed by atoms with Crippen molar-refractivity contribution in [2.24, 2.45) is 0 Å². The van der Waals surface area contributed by atoms with Gasteiger partial charge in [0.2, 0.25) is 0 Å². The molecule has 1 heteroatoms. The molecule has 19 heavy (non-hydrogen) atoms. The Labute approximate surface area is 111 Å². The fraction of sp³-hybridized carbons (Fsp3) is 0.111. The van der Waals surface area contributed by atoms with Crippen LogP contribution in [-0.2, 0) is 0 Å². The second-order valence-electron chi connectivity index (χ2n) is 5.22. The van der Waals surface area contributed by atoms with Crippen LogP contribution in [0.25, 0.3) is 32.7 Å². The highest BCUT2D eigenvalue weighted by molar-refractivity contribution is 6.15. The van der Waals surface area contributed by atoms with E-state index < -0.39 is 0 Å².